The monoisotopic (exact) mass is 289 g/mol. The van der Waals surface area contributed by atoms with E-state index in [1.807, 2.05) is 6.92 Å². The van der Waals surface area contributed by atoms with E-state index in [0.29, 0.717) is 24.4 Å². The molecule has 2 amide bonds. The van der Waals surface area contributed by atoms with Crippen LogP contribution in [-0.4, -0.2) is 31.4 Å². The zero-order chi connectivity index (χ0) is 15.1. The van der Waals surface area contributed by atoms with Crippen LogP contribution in [0.25, 0.3) is 0 Å². The number of hydrogen-bond donors (Lipinski definition) is 3. The van der Waals surface area contributed by atoms with Crippen LogP contribution in [0.4, 0.5) is 5.69 Å². The minimum Gasteiger partial charge on any atom is -0.352 e. The Morgan fingerprint density at radius 2 is 2.05 bits per heavy atom. The molecule has 114 valence electrons. The number of hydrogen-bond acceptors (Lipinski definition) is 3. The maximum Gasteiger partial charge on any atom is 0.251 e. The smallest absolute Gasteiger partial charge is 0.251 e. The molecule has 1 aromatic carbocycles. The van der Waals surface area contributed by atoms with Crippen molar-refractivity contribution in [1.82, 2.24) is 10.6 Å². The maximum atomic E-state index is 11.9. The zero-order valence-corrected chi connectivity index (χ0v) is 12.4. The van der Waals surface area contributed by atoms with E-state index in [1.54, 1.807) is 24.3 Å². The molecule has 1 aliphatic rings. The van der Waals surface area contributed by atoms with Gasteiger partial charge in [0, 0.05) is 24.2 Å². The second-order valence-electron chi connectivity index (χ2n) is 5.38. The molecule has 0 aromatic heterocycles. The Balaban J connectivity index is 1.79. The first kappa shape index (κ1) is 15.5. The molecule has 1 aromatic rings. The fraction of sp³-hybridized carbons (Fsp3) is 0.500. The lowest BCUT2D eigenvalue weighted by Gasteiger charge is -2.09. The fourth-order valence-electron chi connectivity index (χ4n) is 2.49. The number of amides is 2. The highest BCUT2D eigenvalue weighted by atomic mass is 16.2. The molecule has 1 fully saturated rings. The molecule has 0 bridgehead atoms. The summed E-state index contributed by atoms with van der Waals surface area (Å²) in [6.07, 6.45) is 2.63. The van der Waals surface area contributed by atoms with Crippen LogP contribution in [0.2, 0.25) is 0 Å². The van der Waals surface area contributed by atoms with Gasteiger partial charge in [-0.3, -0.25) is 9.59 Å². The van der Waals surface area contributed by atoms with Gasteiger partial charge in [-0.1, -0.05) is 0 Å². The Hall–Kier alpha value is -1.88. The molecular formula is C16H23N3O2. The summed E-state index contributed by atoms with van der Waals surface area (Å²) >= 11 is 0. The standard InChI is InChI=1S/C16H23N3O2/c1-2-18-16(21)13-4-6-14(7-5-13)19-15(20)8-3-12-9-10-17-11-12/h4-7,12,17H,2-3,8-11H2,1H3,(H,18,21)(H,19,20). The highest BCUT2D eigenvalue weighted by Crippen LogP contribution is 2.15. The zero-order valence-electron chi connectivity index (χ0n) is 12.4. The third-order valence-corrected chi connectivity index (χ3v) is 3.71. The summed E-state index contributed by atoms with van der Waals surface area (Å²) in [7, 11) is 0. The summed E-state index contributed by atoms with van der Waals surface area (Å²) in [6, 6.07) is 6.97. The molecule has 0 aliphatic carbocycles. The quantitative estimate of drug-likeness (QED) is 0.747. The van der Waals surface area contributed by atoms with Crippen molar-refractivity contribution in [3.63, 3.8) is 0 Å². The molecular weight excluding hydrogens is 266 g/mol. The van der Waals surface area contributed by atoms with Gasteiger partial charge in [-0.25, -0.2) is 0 Å². The number of anilines is 1. The Labute approximate surface area is 125 Å². The average molecular weight is 289 g/mol. The molecule has 1 heterocycles. The van der Waals surface area contributed by atoms with Crippen molar-refractivity contribution in [3.8, 4) is 0 Å². The molecule has 3 N–H and O–H groups in total. The Morgan fingerprint density at radius 3 is 2.67 bits per heavy atom. The van der Waals surface area contributed by atoms with Crippen molar-refractivity contribution in [3.05, 3.63) is 29.8 Å². The van der Waals surface area contributed by atoms with E-state index >= 15 is 0 Å². The van der Waals surface area contributed by atoms with Gasteiger partial charge < -0.3 is 16.0 Å². The van der Waals surface area contributed by atoms with Crippen molar-refractivity contribution in [2.24, 2.45) is 5.92 Å². The van der Waals surface area contributed by atoms with Crippen molar-refractivity contribution in [1.29, 1.82) is 0 Å². The summed E-state index contributed by atoms with van der Waals surface area (Å²) in [6.45, 7) is 4.57. The topological polar surface area (TPSA) is 70.2 Å². The molecule has 0 saturated carbocycles. The second kappa shape index (κ2) is 7.78. The van der Waals surface area contributed by atoms with Crippen molar-refractivity contribution in [2.75, 3.05) is 25.0 Å². The number of carbonyl (C=O) groups is 2. The first-order valence-corrected chi connectivity index (χ1v) is 7.58. The van der Waals surface area contributed by atoms with Crippen molar-refractivity contribution in [2.45, 2.75) is 26.2 Å². The molecule has 1 saturated heterocycles. The molecule has 1 atom stereocenters. The van der Waals surface area contributed by atoms with Gasteiger partial charge >= 0.3 is 0 Å². The van der Waals surface area contributed by atoms with Gasteiger partial charge in [-0.2, -0.15) is 0 Å². The summed E-state index contributed by atoms with van der Waals surface area (Å²) in [5.41, 5.74) is 1.34. The Kier molecular flexibility index (Phi) is 5.75. The number of nitrogens with one attached hydrogen (secondary N) is 3. The second-order valence-corrected chi connectivity index (χ2v) is 5.38. The summed E-state index contributed by atoms with van der Waals surface area (Å²) in [4.78, 5) is 23.5. The first-order valence-electron chi connectivity index (χ1n) is 7.58. The Bertz CT molecular complexity index is 479. The molecule has 0 radical (unpaired) electrons. The Morgan fingerprint density at radius 1 is 1.29 bits per heavy atom. The fourth-order valence-corrected chi connectivity index (χ4v) is 2.49. The van der Waals surface area contributed by atoms with E-state index in [-0.39, 0.29) is 11.8 Å². The molecule has 5 nitrogen and oxygen atoms in total. The first-order chi connectivity index (χ1) is 10.2. The minimum atomic E-state index is -0.0934. The van der Waals surface area contributed by atoms with Crippen LogP contribution in [0.15, 0.2) is 24.3 Å². The van der Waals surface area contributed by atoms with Crippen LogP contribution >= 0.6 is 0 Å². The SMILES string of the molecule is CCNC(=O)c1ccc(NC(=O)CCC2CCNC2)cc1. The van der Waals surface area contributed by atoms with E-state index in [0.717, 1.165) is 31.6 Å². The molecule has 5 heteroatoms. The number of rotatable bonds is 6. The van der Waals surface area contributed by atoms with Gasteiger partial charge in [0.15, 0.2) is 0 Å². The predicted molar refractivity (Wildman–Crippen MR) is 83.3 cm³/mol. The van der Waals surface area contributed by atoms with Gasteiger partial charge in [-0.15, -0.1) is 0 Å². The predicted octanol–water partition coefficient (Wildman–Crippen LogP) is 1.76. The van der Waals surface area contributed by atoms with Crippen LogP contribution in [0, 0.1) is 5.92 Å². The lowest BCUT2D eigenvalue weighted by atomic mass is 10.0. The van der Waals surface area contributed by atoms with Crippen LogP contribution < -0.4 is 16.0 Å². The summed E-state index contributed by atoms with van der Waals surface area (Å²) in [5.74, 6) is 0.563. The van der Waals surface area contributed by atoms with Crippen molar-refractivity contribution < 1.29 is 9.59 Å². The lowest BCUT2D eigenvalue weighted by Crippen LogP contribution is -2.22. The van der Waals surface area contributed by atoms with Gasteiger partial charge in [0.1, 0.15) is 0 Å². The lowest BCUT2D eigenvalue weighted by molar-refractivity contribution is -0.116. The molecule has 0 spiro atoms. The normalized spacial score (nSPS) is 17.5. The van der Waals surface area contributed by atoms with Crippen LogP contribution in [0.5, 0.6) is 0 Å². The van der Waals surface area contributed by atoms with E-state index in [4.69, 9.17) is 0 Å². The molecule has 1 aliphatic heterocycles. The van der Waals surface area contributed by atoms with Crippen LogP contribution in [-0.2, 0) is 4.79 Å². The van der Waals surface area contributed by atoms with Gasteiger partial charge in [0.25, 0.3) is 5.91 Å². The highest BCUT2D eigenvalue weighted by Gasteiger charge is 2.15. The van der Waals surface area contributed by atoms with E-state index < -0.39 is 0 Å². The third kappa shape index (κ3) is 4.86. The van der Waals surface area contributed by atoms with E-state index in [2.05, 4.69) is 16.0 Å². The van der Waals surface area contributed by atoms with Crippen LogP contribution in [0.1, 0.15) is 36.5 Å². The summed E-state index contributed by atoms with van der Waals surface area (Å²) in [5, 5.41) is 8.92. The van der Waals surface area contributed by atoms with Gasteiger partial charge in [0.05, 0.1) is 0 Å². The van der Waals surface area contributed by atoms with Gasteiger partial charge in [-0.05, 0) is 63.0 Å². The summed E-state index contributed by atoms with van der Waals surface area (Å²) < 4.78 is 0. The third-order valence-electron chi connectivity index (χ3n) is 3.71. The number of benzene rings is 1. The average Bonchev–Trinajstić information content (AvgIpc) is 2.99. The molecule has 21 heavy (non-hydrogen) atoms. The molecule has 2 rings (SSSR count). The largest absolute Gasteiger partial charge is 0.352 e. The van der Waals surface area contributed by atoms with Crippen molar-refractivity contribution >= 4 is 17.5 Å². The number of carbonyl (C=O) groups excluding carboxylic acids is 2. The molecule has 1 unspecified atom stereocenters. The maximum absolute atomic E-state index is 11.9. The highest BCUT2D eigenvalue weighted by molar-refractivity contribution is 5.95. The van der Waals surface area contributed by atoms with Gasteiger partial charge in [0.2, 0.25) is 5.91 Å². The van der Waals surface area contributed by atoms with E-state index in [9.17, 15) is 9.59 Å². The minimum absolute atomic E-state index is 0.0349. The van der Waals surface area contributed by atoms with E-state index in [1.165, 1.54) is 0 Å². The van der Waals surface area contributed by atoms with Crippen LogP contribution in [0.3, 0.4) is 0 Å².